The molecule has 1 unspecified atom stereocenters. The molecule has 3 heteroatoms. The van der Waals surface area contributed by atoms with Crippen molar-refractivity contribution in [2.24, 2.45) is 0 Å². The number of aldehydes is 1. The molecule has 3 nitrogen and oxygen atoms in total. The molecular weight excluding hydrogens is 262 g/mol. The summed E-state index contributed by atoms with van der Waals surface area (Å²) < 4.78 is 0. The molecule has 0 radical (unpaired) electrons. The van der Waals surface area contributed by atoms with Crippen molar-refractivity contribution in [1.29, 1.82) is 0 Å². The highest BCUT2D eigenvalue weighted by Gasteiger charge is 2.35. The minimum atomic E-state index is -0.265. The molecule has 0 spiro atoms. The lowest BCUT2D eigenvalue weighted by Gasteiger charge is -2.35. The second kappa shape index (κ2) is 6.70. The molecular formula is C18H23NO2. The van der Waals surface area contributed by atoms with Crippen LogP contribution < -0.4 is 0 Å². The molecule has 1 aliphatic rings. The summed E-state index contributed by atoms with van der Waals surface area (Å²) >= 11 is 0. The first-order chi connectivity index (χ1) is 10.1. The Morgan fingerprint density at radius 1 is 1.33 bits per heavy atom. The average Bonchev–Trinajstić information content (AvgIpc) is 2.49. The molecule has 0 bridgehead atoms. The fourth-order valence-electron chi connectivity index (χ4n) is 3.10. The van der Waals surface area contributed by atoms with E-state index in [1.165, 1.54) is 0 Å². The van der Waals surface area contributed by atoms with Crippen molar-refractivity contribution < 1.29 is 9.59 Å². The first kappa shape index (κ1) is 15.5. The first-order valence-electron chi connectivity index (χ1n) is 7.49. The van der Waals surface area contributed by atoms with Gasteiger partial charge in [-0.2, -0.15) is 0 Å². The highest BCUT2D eigenvalue weighted by Crippen LogP contribution is 2.40. The van der Waals surface area contributed by atoms with Gasteiger partial charge >= 0.3 is 0 Å². The Kier molecular flexibility index (Phi) is 4.94. The Labute approximate surface area is 126 Å². The number of benzene rings is 1. The molecule has 0 saturated heterocycles. The average molecular weight is 285 g/mol. The van der Waals surface area contributed by atoms with E-state index < -0.39 is 0 Å². The number of carbonyl (C=O) groups is 2. The van der Waals surface area contributed by atoms with Crippen LogP contribution >= 0.6 is 0 Å². The van der Waals surface area contributed by atoms with Crippen LogP contribution in [0.2, 0.25) is 0 Å². The summed E-state index contributed by atoms with van der Waals surface area (Å²) in [5.74, 6) is 0.127. The Balaban J connectivity index is 2.45. The zero-order valence-corrected chi connectivity index (χ0v) is 12.8. The minimum absolute atomic E-state index is 0.127. The predicted molar refractivity (Wildman–Crippen MR) is 84.2 cm³/mol. The lowest BCUT2D eigenvalue weighted by molar-refractivity contribution is -0.129. The quantitative estimate of drug-likeness (QED) is 0.616. The highest BCUT2D eigenvalue weighted by molar-refractivity contribution is 5.78. The third-order valence-corrected chi connectivity index (χ3v) is 4.25. The van der Waals surface area contributed by atoms with Crippen LogP contribution in [0, 0.1) is 0 Å². The van der Waals surface area contributed by atoms with Gasteiger partial charge in [0.15, 0.2) is 0 Å². The number of allylic oxidation sites excluding steroid dienone is 2. The van der Waals surface area contributed by atoms with E-state index in [4.69, 9.17) is 0 Å². The van der Waals surface area contributed by atoms with E-state index in [2.05, 4.69) is 18.2 Å². The van der Waals surface area contributed by atoms with Crippen LogP contribution in [0.4, 0.5) is 0 Å². The molecule has 0 aliphatic heterocycles. The molecule has 1 aromatic carbocycles. The standard InChI is InChI=1S/C18H23NO2/c1-19(2)17(21)14-18(11-6-3-7-12-18)16-9-5-4-8-15(16)10-13-20/h4-6,8-9,11,13H,3,7,10,12,14H2,1-2H3. The summed E-state index contributed by atoms with van der Waals surface area (Å²) in [5.41, 5.74) is 1.90. The molecule has 2 rings (SSSR count). The SMILES string of the molecule is CN(C)C(=O)CC1(c2ccccc2CC=O)C=CCCC1. The van der Waals surface area contributed by atoms with E-state index in [-0.39, 0.29) is 11.3 Å². The lowest BCUT2D eigenvalue weighted by Crippen LogP contribution is -2.35. The number of amides is 1. The fraction of sp³-hybridized carbons (Fsp3) is 0.444. The summed E-state index contributed by atoms with van der Waals surface area (Å²) in [4.78, 5) is 24.9. The van der Waals surface area contributed by atoms with Crippen molar-refractivity contribution in [3.63, 3.8) is 0 Å². The summed E-state index contributed by atoms with van der Waals surface area (Å²) in [6.07, 6.45) is 9.26. The molecule has 0 aromatic heterocycles. The molecule has 0 heterocycles. The first-order valence-corrected chi connectivity index (χ1v) is 7.49. The summed E-state index contributed by atoms with van der Waals surface area (Å²) in [6, 6.07) is 8.01. The lowest BCUT2D eigenvalue weighted by atomic mass is 9.69. The van der Waals surface area contributed by atoms with Gasteiger partial charge in [0.1, 0.15) is 6.29 Å². The summed E-state index contributed by atoms with van der Waals surface area (Å²) in [5, 5.41) is 0. The van der Waals surface area contributed by atoms with E-state index in [9.17, 15) is 9.59 Å². The molecule has 0 fully saturated rings. The second-order valence-corrected chi connectivity index (χ2v) is 5.94. The van der Waals surface area contributed by atoms with Gasteiger partial charge in [0.05, 0.1) is 0 Å². The van der Waals surface area contributed by atoms with E-state index in [0.29, 0.717) is 12.8 Å². The molecule has 112 valence electrons. The van der Waals surface area contributed by atoms with Gasteiger partial charge in [0.25, 0.3) is 0 Å². The van der Waals surface area contributed by atoms with Gasteiger partial charge in [-0.15, -0.1) is 0 Å². The van der Waals surface area contributed by atoms with Crippen LogP contribution in [-0.2, 0) is 21.4 Å². The van der Waals surface area contributed by atoms with Crippen molar-refractivity contribution in [1.82, 2.24) is 4.90 Å². The third kappa shape index (κ3) is 3.41. The Morgan fingerprint density at radius 2 is 2.10 bits per heavy atom. The van der Waals surface area contributed by atoms with E-state index in [1.807, 2.05) is 18.2 Å². The van der Waals surface area contributed by atoms with E-state index in [1.54, 1.807) is 19.0 Å². The summed E-state index contributed by atoms with van der Waals surface area (Å²) in [6.45, 7) is 0. The van der Waals surface area contributed by atoms with Gasteiger partial charge in [0, 0.05) is 32.4 Å². The number of nitrogens with zero attached hydrogens (tertiary/aromatic N) is 1. The second-order valence-electron chi connectivity index (χ2n) is 5.94. The molecule has 0 saturated carbocycles. The zero-order valence-electron chi connectivity index (χ0n) is 12.8. The van der Waals surface area contributed by atoms with Crippen LogP contribution in [-0.4, -0.2) is 31.2 Å². The topological polar surface area (TPSA) is 37.4 Å². The third-order valence-electron chi connectivity index (χ3n) is 4.25. The largest absolute Gasteiger partial charge is 0.349 e. The maximum Gasteiger partial charge on any atom is 0.223 e. The molecule has 1 atom stereocenters. The van der Waals surface area contributed by atoms with Crippen molar-refractivity contribution in [3.05, 3.63) is 47.5 Å². The van der Waals surface area contributed by atoms with Gasteiger partial charge < -0.3 is 9.69 Å². The molecule has 1 aromatic rings. The zero-order chi connectivity index (χ0) is 15.3. The van der Waals surface area contributed by atoms with Crippen molar-refractivity contribution in [2.75, 3.05) is 14.1 Å². The van der Waals surface area contributed by atoms with Crippen molar-refractivity contribution in [3.8, 4) is 0 Å². The minimum Gasteiger partial charge on any atom is -0.349 e. The number of hydrogen-bond donors (Lipinski definition) is 0. The maximum atomic E-state index is 12.3. The molecule has 21 heavy (non-hydrogen) atoms. The van der Waals surface area contributed by atoms with E-state index >= 15 is 0 Å². The van der Waals surface area contributed by atoms with Crippen molar-refractivity contribution in [2.45, 2.75) is 37.5 Å². The molecule has 0 N–H and O–H groups in total. The van der Waals surface area contributed by atoms with Gasteiger partial charge in [-0.3, -0.25) is 4.79 Å². The Bertz CT molecular complexity index is 548. The predicted octanol–water partition coefficient (Wildman–Crippen LogP) is 2.88. The van der Waals surface area contributed by atoms with Gasteiger partial charge in [-0.05, 0) is 30.4 Å². The Hall–Kier alpha value is -1.90. The smallest absolute Gasteiger partial charge is 0.223 e. The van der Waals surface area contributed by atoms with Gasteiger partial charge in [-0.25, -0.2) is 0 Å². The van der Waals surface area contributed by atoms with Gasteiger partial charge in [-0.1, -0.05) is 36.4 Å². The fourth-order valence-corrected chi connectivity index (χ4v) is 3.10. The number of hydrogen-bond acceptors (Lipinski definition) is 2. The van der Waals surface area contributed by atoms with Crippen LogP contribution in [0.5, 0.6) is 0 Å². The van der Waals surface area contributed by atoms with Crippen LogP contribution in [0.1, 0.15) is 36.8 Å². The highest BCUT2D eigenvalue weighted by atomic mass is 16.2. The normalized spacial score (nSPS) is 21.0. The molecule has 1 aliphatic carbocycles. The van der Waals surface area contributed by atoms with Crippen molar-refractivity contribution >= 4 is 12.2 Å². The summed E-state index contributed by atoms with van der Waals surface area (Å²) in [7, 11) is 3.58. The maximum absolute atomic E-state index is 12.3. The monoisotopic (exact) mass is 285 g/mol. The van der Waals surface area contributed by atoms with Gasteiger partial charge in [0.2, 0.25) is 5.91 Å². The van der Waals surface area contributed by atoms with Crippen LogP contribution in [0.25, 0.3) is 0 Å². The Morgan fingerprint density at radius 3 is 2.71 bits per heavy atom. The number of rotatable bonds is 5. The van der Waals surface area contributed by atoms with E-state index in [0.717, 1.165) is 36.7 Å². The molecule has 1 amide bonds. The van der Waals surface area contributed by atoms with Crippen LogP contribution in [0.15, 0.2) is 36.4 Å². The number of carbonyl (C=O) groups excluding carboxylic acids is 2. The van der Waals surface area contributed by atoms with Crippen LogP contribution in [0.3, 0.4) is 0 Å².